The highest BCUT2D eigenvalue weighted by Crippen LogP contribution is 2.24. The summed E-state index contributed by atoms with van der Waals surface area (Å²) in [5.74, 6) is 1.79. The molecule has 0 spiro atoms. The van der Waals surface area contributed by atoms with Crippen LogP contribution in [0.25, 0.3) is 5.65 Å². The number of hydrogen-bond donors (Lipinski definition) is 1. The van der Waals surface area contributed by atoms with Gasteiger partial charge in [0.05, 0.1) is 5.69 Å². The lowest BCUT2D eigenvalue weighted by molar-refractivity contribution is 0.573. The highest BCUT2D eigenvalue weighted by molar-refractivity contribution is 6.29. The molecule has 4 rings (SSSR count). The van der Waals surface area contributed by atoms with Crippen LogP contribution >= 0.6 is 11.6 Å². The molecule has 0 aliphatic carbocycles. The van der Waals surface area contributed by atoms with E-state index >= 15 is 0 Å². The number of fused-ring (bicyclic) bond motifs is 1. The van der Waals surface area contributed by atoms with E-state index in [1.54, 1.807) is 23.0 Å². The molecule has 3 aromatic heterocycles. The molecule has 0 saturated carbocycles. The number of nitrogens with one attached hydrogen (secondary N) is 1. The Balaban J connectivity index is 0.000000880. The molecule has 6 nitrogen and oxygen atoms in total. The third kappa shape index (κ3) is 4.02. The van der Waals surface area contributed by atoms with Gasteiger partial charge in [-0.1, -0.05) is 31.5 Å². The molecule has 0 unspecified atom stereocenters. The Kier molecular flexibility index (Phi) is 5.71. The van der Waals surface area contributed by atoms with Gasteiger partial charge in [0.1, 0.15) is 11.6 Å². The normalized spacial score (nSPS) is 14.1. The number of pyridine rings is 1. The van der Waals surface area contributed by atoms with E-state index in [0.29, 0.717) is 5.15 Å². The number of imidazole rings is 1. The van der Waals surface area contributed by atoms with E-state index in [0.717, 1.165) is 36.1 Å². The van der Waals surface area contributed by atoms with Gasteiger partial charge in [-0.25, -0.2) is 14.5 Å². The van der Waals surface area contributed by atoms with Crippen molar-refractivity contribution in [3.8, 4) is 0 Å². The first-order valence-electron chi connectivity index (χ1n) is 8.78. The van der Waals surface area contributed by atoms with Crippen LogP contribution in [0, 0.1) is 0 Å². The minimum Gasteiger partial charge on any atom is -0.357 e. The van der Waals surface area contributed by atoms with Gasteiger partial charge in [-0.15, -0.1) is 0 Å². The number of piperidine rings is 1. The monoisotopic (exact) mass is 358 g/mol. The average Bonchev–Trinajstić information content (AvgIpc) is 3.13. The molecule has 0 radical (unpaired) electrons. The third-order valence-electron chi connectivity index (χ3n) is 4.01. The van der Waals surface area contributed by atoms with E-state index in [4.69, 9.17) is 16.6 Å². The molecular formula is C18H23ClN6. The molecule has 7 heteroatoms. The van der Waals surface area contributed by atoms with Crippen molar-refractivity contribution in [1.29, 1.82) is 0 Å². The van der Waals surface area contributed by atoms with E-state index in [1.165, 1.54) is 19.3 Å². The Hall–Kier alpha value is -2.34. The maximum absolute atomic E-state index is 6.07. The van der Waals surface area contributed by atoms with E-state index < -0.39 is 0 Å². The van der Waals surface area contributed by atoms with Crippen LogP contribution in [0.1, 0.15) is 33.1 Å². The molecule has 0 atom stereocenters. The van der Waals surface area contributed by atoms with Gasteiger partial charge < -0.3 is 10.2 Å². The highest BCUT2D eigenvalue weighted by Gasteiger charge is 2.13. The number of halogens is 1. The van der Waals surface area contributed by atoms with E-state index in [-0.39, 0.29) is 0 Å². The zero-order valence-electron chi connectivity index (χ0n) is 14.6. The predicted octanol–water partition coefficient (Wildman–Crippen LogP) is 4.54. The molecule has 0 amide bonds. The summed E-state index contributed by atoms with van der Waals surface area (Å²) >= 11 is 6.07. The summed E-state index contributed by atoms with van der Waals surface area (Å²) in [6.07, 6.45) is 7.23. The van der Waals surface area contributed by atoms with Gasteiger partial charge in [-0.05, 0) is 31.4 Å². The van der Waals surface area contributed by atoms with Crippen LogP contribution < -0.4 is 10.2 Å². The van der Waals surface area contributed by atoms with E-state index in [1.807, 2.05) is 26.0 Å². The number of nitrogens with zero attached hydrogens (tertiary/aromatic N) is 5. The minimum absolute atomic E-state index is 0.408. The first-order chi connectivity index (χ1) is 12.3. The van der Waals surface area contributed by atoms with Crippen LogP contribution in [0.15, 0.2) is 36.7 Å². The summed E-state index contributed by atoms with van der Waals surface area (Å²) < 4.78 is 1.65. The fourth-order valence-corrected chi connectivity index (χ4v) is 3.10. The van der Waals surface area contributed by atoms with E-state index in [2.05, 4.69) is 26.4 Å². The SMILES string of the molecule is CC.Clc1cc(Nc2cccc(N3CCCCC3)n2)c2nccn2n1. The second-order valence-corrected chi connectivity index (χ2v) is 6.02. The lowest BCUT2D eigenvalue weighted by atomic mass is 10.1. The lowest BCUT2D eigenvalue weighted by Gasteiger charge is -2.28. The Morgan fingerprint density at radius 2 is 1.92 bits per heavy atom. The number of anilines is 3. The van der Waals surface area contributed by atoms with Gasteiger partial charge in [0.25, 0.3) is 0 Å². The molecule has 25 heavy (non-hydrogen) atoms. The van der Waals surface area contributed by atoms with Crippen molar-refractivity contribution in [3.63, 3.8) is 0 Å². The van der Waals surface area contributed by atoms with E-state index in [9.17, 15) is 0 Å². The fourth-order valence-electron chi connectivity index (χ4n) is 2.91. The van der Waals surface area contributed by atoms with Gasteiger partial charge in [0.15, 0.2) is 10.8 Å². The van der Waals surface area contributed by atoms with Crippen molar-refractivity contribution in [3.05, 3.63) is 41.8 Å². The quantitative estimate of drug-likeness (QED) is 0.745. The number of rotatable bonds is 3. The zero-order chi connectivity index (χ0) is 17.6. The van der Waals surface area contributed by atoms with Crippen LogP contribution in [-0.2, 0) is 0 Å². The van der Waals surface area contributed by atoms with Crippen molar-refractivity contribution >= 4 is 34.6 Å². The average molecular weight is 359 g/mol. The van der Waals surface area contributed by atoms with Crippen molar-refractivity contribution in [2.45, 2.75) is 33.1 Å². The van der Waals surface area contributed by atoms with Gasteiger partial charge in [0, 0.05) is 31.5 Å². The van der Waals surface area contributed by atoms with Gasteiger partial charge in [-0.3, -0.25) is 0 Å². The topological polar surface area (TPSA) is 58.3 Å². The summed E-state index contributed by atoms with van der Waals surface area (Å²) in [5, 5.41) is 7.90. The van der Waals surface area contributed by atoms with Crippen LogP contribution in [0.2, 0.25) is 5.15 Å². The van der Waals surface area contributed by atoms with Crippen molar-refractivity contribution < 1.29 is 0 Å². The summed E-state index contributed by atoms with van der Waals surface area (Å²) in [4.78, 5) is 11.4. The Morgan fingerprint density at radius 3 is 2.72 bits per heavy atom. The molecule has 0 bridgehead atoms. The lowest BCUT2D eigenvalue weighted by Crippen LogP contribution is -2.30. The zero-order valence-corrected chi connectivity index (χ0v) is 15.4. The molecular weight excluding hydrogens is 336 g/mol. The smallest absolute Gasteiger partial charge is 0.177 e. The number of hydrogen-bond acceptors (Lipinski definition) is 5. The predicted molar refractivity (Wildman–Crippen MR) is 103 cm³/mol. The Labute approximate surface area is 152 Å². The molecule has 1 fully saturated rings. The van der Waals surface area contributed by atoms with Crippen molar-refractivity contribution in [1.82, 2.24) is 19.6 Å². The maximum atomic E-state index is 6.07. The van der Waals surface area contributed by atoms with Crippen LogP contribution in [0.3, 0.4) is 0 Å². The maximum Gasteiger partial charge on any atom is 0.177 e. The number of aromatic nitrogens is 4. The highest BCUT2D eigenvalue weighted by atomic mass is 35.5. The molecule has 3 aromatic rings. The largest absolute Gasteiger partial charge is 0.357 e. The first kappa shape index (κ1) is 17.5. The molecule has 1 aliphatic rings. The molecule has 1 saturated heterocycles. The molecule has 1 aliphatic heterocycles. The van der Waals surface area contributed by atoms with Crippen molar-refractivity contribution in [2.24, 2.45) is 0 Å². The third-order valence-corrected chi connectivity index (χ3v) is 4.19. The Morgan fingerprint density at radius 1 is 1.12 bits per heavy atom. The summed E-state index contributed by atoms with van der Waals surface area (Å²) in [6, 6.07) is 7.78. The summed E-state index contributed by atoms with van der Waals surface area (Å²) in [7, 11) is 0. The minimum atomic E-state index is 0.408. The molecule has 1 N–H and O–H groups in total. The first-order valence-corrected chi connectivity index (χ1v) is 9.16. The summed E-state index contributed by atoms with van der Waals surface area (Å²) in [6.45, 7) is 6.14. The van der Waals surface area contributed by atoms with Crippen LogP contribution in [0.4, 0.5) is 17.3 Å². The molecule has 0 aromatic carbocycles. The summed E-state index contributed by atoms with van der Waals surface area (Å²) in [5.41, 5.74) is 1.51. The van der Waals surface area contributed by atoms with Crippen LogP contribution in [-0.4, -0.2) is 32.7 Å². The molecule has 4 heterocycles. The van der Waals surface area contributed by atoms with Crippen molar-refractivity contribution in [2.75, 3.05) is 23.3 Å². The van der Waals surface area contributed by atoms with Gasteiger partial charge >= 0.3 is 0 Å². The fraction of sp³-hybridized carbons (Fsp3) is 0.389. The second-order valence-electron chi connectivity index (χ2n) is 5.63. The van der Waals surface area contributed by atoms with Gasteiger partial charge in [0.2, 0.25) is 0 Å². The second kappa shape index (κ2) is 8.16. The standard InChI is InChI=1S/C16H17ClN6.C2H6/c17-13-11-12(16-18-7-10-23(16)21-13)19-14-5-4-6-15(20-14)22-8-2-1-3-9-22;1-2/h4-7,10-11H,1-3,8-9H2,(H,19,20);1-2H3. The van der Waals surface area contributed by atoms with Gasteiger partial charge in [-0.2, -0.15) is 5.10 Å². The Bertz CT molecular complexity index is 825. The molecule has 132 valence electrons. The van der Waals surface area contributed by atoms with Crippen LogP contribution in [0.5, 0.6) is 0 Å².